The van der Waals surface area contributed by atoms with E-state index in [9.17, 15) is 0 Å². The number of anilines is 1. The summed E-state index contributed by atoms with van der Waals surface area (Å²) in [5.74, 6) is 1.69. The highest BCUT2D eigenvalue weighted by Crippen LogP contribution is 2.26. The normalized spacial score (nSPS) is 20.5. The second kappa shape index (κ2) is 5.02. The molecule has 1 atom stereocenters. The van der Waals surface area contributed by atoms with Gasteiger partial charge in [-0.05, 0) is 6.42 Å². The summed E-state index contributed by atoms with van der Waals surface area (Å²) in [6.07, 6.45) is 1.32. The van der Waals surface area contributed by atoms with Gasteiger partial charge in [0.15, 0.2) is 0 Å². The van der Waals surface area contributed by atoms with Crippen LogP contribution in [0.4, 0.5) is 5.82 Å². The zero-order valence-electron chi connectivity index (χ0n) is 11.4. The van der Waals surface area contributed by atoms with Gasteiger partial charge in [-0.3, -0.25) is 0 Å². The van der Waals surface area contributed by atoms with E-state index < -0.39 is 0 Å². The summed E-state index contributed by atoms with van der Waals surface area (Å²) in [5, 5.41) is 0.505. The first-order chi connectivity index (χ1) is 8.40. The number of rotatable bonds is 2. The van der Waals surface area contributed by atoms with Crippen LogP contribution in [-0.4, -0.2) is 36.3 Å². The van der Waals surface area contributed by atoms with Crippen LogP contribution >= 0.6 is 11.6 Å². The average molecular weight is 270 g/mol. The molecule has 0 aromatic carbocycles. The fourth-order valence-corrected chi connectivity index (χ4v) is 2.21. The SMILES string of the molecule is COC1CCN(c2cc(Cl)nc(C(C)(C)C)n2)C1. The standard InChI is InChI=1S/C13H20ClN3O/c1-13(2,3)12-15-10(14)7-11(16-12)17-6-5-9(8-17)18-4/h7,9H,5-6,8H2,1-4H3. The summed E-state index contributed by atoms with van der Waals surface area (Å²) in [6, 6.07) is 1.83. The predicted octanol–water partition coefficient (Wildman–Crippen LogP) is 2.65. The van der Waals surface area contributed by atoms with E-state index in [-0.39, 0.29) is 11.5 Å². The maximum Gasteiger partial charge on any atom is 0.137 e. The number of aromatic nitrogens is 2. The monoisotopic (exact) mass is 269 g/mol. The topological polar surface area (TPSA) is 38.2 Å². The van der Waals surface area contributed by atoms with Crippen molar-refractivity contribution in [2.75, 3.05) is 25.1 Å². The van der Waals surface area contributed by atoms with Gasteiger partial charge >= 0.3 is 0 Å². The van der Waals surface area contributed by atoms with Crippen LogP contribution in [0.25, 0.3) is 0 Å². The van der Waals surface area contributed by atoms with Crippen molar-refractivity contribution in [1.29, 1.82) is 0 Å². The molecular formula is C13H20ClN3O. The Labute approximate surface area is 113 Å². The zero-order chi connectivity index (χ0) is 13.3. The quantitative estimate of drug-likeness (QED) is 0.774. The number of hydrogen-bond donors (Lipinski definition) is 0. The van der Waals surface area contributed by atoms with Crippen LogP contribution < -0.4 is 4.90 Å². The van der Waals surface area contributed by atoms with E-state index in [1.807, 2.05) is 6.07 Å². The molecular weight excluding hydrogens is 250 g/mol. The van der Waals surface area contributed by atoms with Gasteiger partial charge in [0, 0.05) is 31.7 Å². The van der Waals surface area contributed by atoms with Gasteiger partial charge in [-0.25, -0.2) is 9.97 Å². The number of ether oxygens (including phenoxy) is 1. The molecule has 1 unspecified atom stereocenters. The first-order valence-electron chi connectivity index (χ1n) is 6.23. The molecule has 0 radical (unpaired) electrons. The summed E-state index contributed by atoms with van der Waals surface area (Å²) in [4.78, 5) is 11.1. The molecule has 0 N–H and O–H groups in total. The lowest BCUT2D eigenvalue weighted by Crippen LogP contribution is -2.25. The summed E-state index contributed by atoms with van der Waals surface area (Å²) in [5.41, 5.74) is -0.0972. The van der Waals surface area contributed by atoms with E-state index >= 15 is 0 Å². The molecule has 1 fully saturated rings. The lowest BCUT2D eigenvalue weighted by molar-refractivity contribution is 0.121. The average Bonchev–Trinajstić information content (AvgIpc) is 2.75. The van der Waals surface area contributed by atoms with Crippen molar-refractivity contribution >= 4 is 17.4 Å². The smallest absolute Gasteiger partial charge is 0.137 e. The Hall–Kier alpha value is -0.870. The molecule has 100 valence electrons. The second-order valence-electron chi connectivity index (χ2n) is 5.71. The third-order valence-corrected chi connectivity index (χ3v) is 3.35. The highest BCUT2D eigenvalue weighted by molar-refractivity contribution is 6.29. The number of nitrogens with zero attached hydrogens (tertiary/aromatic N) is 3. The van der Waals surface area contributed by atoms with Crippen molar-refractivity contribution in [2.24, 2.45) is 0 Å². The van der Waals surface area contributed by atoms with E-state index in [1.165, 1.54) is 0 Å². The van der Waals surface area contributed by atoms with Crippen molar-refractivity contribution in [3.63, 3.8) is 0 Å². The number of methoxy groups -OCH3 is 1. The molecule has 18 heavy (non-hydrogen) atoms. The molecule has 1 aliphatic rings. The molecule has 0 aliphatic carbocycles. The van der Waals surface area contributed by atoms with Gasteiger partial charge in [0.25, 0.3) is 0 Å². The molecule has 2 rings (SSSR count). The molecule has 0 amide bonds. The van der Waals surface area contributed by atoms with Crippen LogP contribution in [0.3, 0.4) is 0 Å². The second-order valence-corrected chi connectivity index (χ2v) is 6.10. The van der Waals surface area contributed by atoms with E-state index in [2.05, 4.69) is 35.6 Å². The zero-order valence-corrected chi connectivity index (χ0v) is 12.2. The maximum atomic E-state index is 6.10. The van der Waals surface area contributed by atoms with Crippen LogP contribution in [-0.2, 0) is 10.2 Å². The highest BCUT2D eigenvalue weighted by atomic mass is 35.5. The molecule has 1 aromatic rings. The molecule has 1 aliphatic heterocycles. The van der Waals surface area contributed by atoms with E-state index in [0.717, 1.165) is 31.2 Å². The van der Waals surface area contributed by atoms with Gasteiger partial charge in [-0.2, -0.15) is 0 Å². The third kappa shape index (κ3) is 2.93. The van der Waals surface area contributed by atoms with Crippen molar-refractivity contribution in [3.8, 4) is 0 Å². The van der Waals surface area contributed by atoms with E-state index in [0.29, 0.717) is 5.15 Å². The van der Waals surface area contributed by atoms with Crippen LogP contribution in [0, 0.1) is 0 Å². The Kier molecular flexibility index (Phi) is 3.78. The van der Waals surface area contributed by atoms with Gasteiger partial charge in [-0.1, -0.05) is 32.4 Å². The Morgan fingerprint density at radius 3 is 2.67 bits per heavy atom. The third-order valence-electron chi connectivity index (χ3n) is 3.15. The van der Waals surface area contributed by atoms with Crippen molar-refractivity contribution in [2.45, 2.75) is 38.7 Å². The van der Waals surface area contributed by atoms with Crippen LogP contribution in [0.2, 0.25) is 5.15 Å². The Balaban J connectivity index is 2.26. The summed E-state index contributed by atoms with van der Waals surface area (Å²) in [6.45, 7) is 8.09. The van der Waals surface area contributed by atoms with Crippen molar-refractivity contribution < 1.29 is 4.74 Å². The summed E-state index contributed by atoms with van der Waals surface area (Å²) < 4.78 is 5.37. The van der Waals surface area contributed by atoms with Crippen LogP contribution in [0.15, 0.2) is 6.07 Å². The van der Waals surface area contributed by atoms with Gasteiger partial charge in [0.2, 0.25) is 0 Å². The first-order valence-corrected chi connectivity index (χ1v) is 6.61. The predicted molar refractivity (Wildman–Crippen MR) is 73.4 cm³/mol. The van der Waals surface area contributed by atoms with Crippen LogP contribution in [0.5, 0.6) is 0 Å². The minimum atomic E-state index is -0.0972. The van der Waals surface area contributed by atoms with Gasteiger partial charge in [0.1, 0.15) is 16.8 Å². The number of hydrogen-bond acceptors (Lipinski definition) is 4. The van der Waals surface area contributed by atoms with E-state index in [1.54, 1.807) is 7.11 Å². The molecule has 5 heteroatoms. The van der Waals surface area contributed by atoms with Crippen molar-refractivity contribution in [3.05, 3.63) is 17.0 Å². The Bertz CT molecular complexity index is 431. The fraction of sp³-hybridized carbons (Fsp3) is 0.692. The first kappa shape index (κ1) is 13.6. The minimum Gasteiger partial charge on any atom is -0.380 e. The highest BCUT2D eigenvalue weighted by Gasteiger charge is 2.25. The molecule has 0 saturated carbocycles. The van der Waals surface area contributed by atoms with Gasteiger partial charge < -0.3 is 9.64 Å². The number of halogens is 1. The van der Waals surface area contributed by atoms with E-state index in [4.69, 9.17) is 16.3 Å². The summed E-state index contributed by atoms with van der Waals surface area (Å²) in [7, 11) is 1.75. The lowest BCUT2D eigenvalue weighted by atomic mass is 9.96. The largest absolute Gasteiger partial charge is 0.380 e. The molecule has 0 spiro atoms. The molecule has 1 aromatic heterocycles. The molecule has 0 bridgehead atoms. The van der Waals surface area contributed by atoms with Gasteiger partial charge in [0.05, 0.1) is 6.10 Å². The van der Waals surface area contributed by atoms with Crippen LogP contribution in [0.1, 0.15) is 33.0 Å². The molecule has 1 saturated heterocycles. The van der Waals surface area contributed by atoms with Crippen molar-refractivity contribution in [1.82, 2.24) is 9.97 Å². The molecule has 2 heterocycles. The lowest BCUT2D eigenvalue weighted by Gasteiger charge is -2.22. The Morgan fingerprint density at radius 1 is 1.39 bits per heavy atom. The fourth-order valence-electron chi connectivity index (χ4n) is 2.03. The minimum absolute atomic E-state index is 0.0972. The van der Waals surface area contributed by atoms with Gasteiger partial charge in [-0.15, -0.1) is 0 Å². The Morgan fingerprint density at radius 2 is 2.11 bits per heavy atom. The maximum absolute atomic E-state index is 6.10. The molecule has 4 nitrogen and oxygen atoms in total. The summed E-state index contributed by atoms with van der Waals surface area (Å²) >= 11 is 6.10.